The standard InChI is InChI=1S/C25H42ClN7/c1-18-21(15-19-7-4-3-5-8-19)12-14-33(18)25(28)23(32(2)29)17-30-31-24(26)22(11-13-27)16-20-9-6-10-20/h11-14,19-20,30-31H,3-10,15-17,27-29H2,1-2H3/b13-11-,24-22+,25-23+. The molecule has 0 amide bonds. The van der Waals surface area contributed by atoms with Crippen LogP contribution in [-0.2, 0) is 6.42 Å². The first-order chi connectivity index (χ1) is 15.9. The highest BCUT2D eigenvalue weighted by Gasteiger charge is 2.20. The van der Waals surface area contributed by atoms with Crippen LogP contribution in [0.1, 0.15) is 69.0 Å². The van der Waals surface area contributed by atoms with E-state index in [0.717, 1.165) is 30.0 Å². The molecule has 0 radical (unpaired) electrons. The van der Waals surface area contributed by atoms with E-state index in [4.69, 9.17) is 28.9 Å². The van der Waals surface area contributed by atoms with E-state index in [1.807, 2.05) is 10.6 Å². The molecule has 2 aliphatic rings. The first-order valence-electron chi connectivity index (χ1n) is 12.3. The van der Waals surface area contributed by atoms with Gasteiger partial charge in [0.15, 0.2) is 0 Å². The molecule has 2 fully saturated rings. The highest BCUT2D eigenvalue weighted by molar-refractivity contribution is 6.29. The maximum atomic E-state index is 6.58. The predicted molar refractivity (Wildman–Crippen MR) is 138 cm³/mol. The zero-order chi connectivity index (χ0) is 23.8. The SMILES string of the molecule is Cc1c(CC2CCCCC2)ccn1/C(N)=C(\CNN/C(Cl)=C(\C=C/N)CC1CCC1)N(C)N. The van der Waals surface area contributed by atoms with Crippen molar-refractivity contribution in [3.05, 3.63) is 52.2 Å². The molecule has 0 unspecified atom stereocenters. The summed E-state index contributed by atoms with van der Waals surface area (Å²) in [5, 5.41) is 2.10. The van der Waals surface area contributed by atoms with Gasteiger partial charge in [0.1, 0.15) is 11.0 Å². The summed E-state index contributed by atoms with van der Waals surface area (Å²) in [6.07, 6.45) is 18.1. The van der Waals surface area contributed by atoms with Crippen LogP contribution in [0.15, 0.2) is 41.0 Å². The first kappa shape index (κ1) is 25.5. The Kier molecular flexibility index (Phi) is 9.59. The van der Waals surface area contributed by atoms with E-state index in [1.165, 1.54) is 68.8 Å². The number of nitrogens with zero attached hydrogens (tertiary/aromatic N) is 2. The summed E-state index contributed by atoms with van der Waals surface area (Å²) < 4.78 is 2.04. The number of aromatic nitrogens is 1. The van der Waals surface area contributed by atoms with Gasteiger partial charge in [-0.2, -0.15) is 0 Å². The van der Waals surface area contributed by atoms with E-state index in [2.05, 4.69) is 30.0 Å². The van der Waals surface area contributed by atoms with Crippen molar-refractivity contribution in [2.45, 2.75) is 71.1 Å². The Morgan fingerprint density at radius 3 is 2.48 bits per heavy atom. The lowest BCUT2D eigenvalue weighted by molar-refractivity contribution is 0.315. The molecule has 8 N–H and O–H groups in total. The Morgan fingerprint density at radius 1 is 1.18 bits per heavy atom. The van der Waals surface area contributed by atoms with Crippen molar-refractivity contribution in [3.63, 3.8) is 0 Å². The van der Waals surface area contributed by atoms with E-state index in [1.54, 1.807) is 12.1 Å². The number of rotatable bonds is 11. The van der Waals surface area contributed by atoms with E-state index in [9.17, 15) is 0 Å². The van der Waals surface area contributed by atoms with E-state index < -0.39 is 0 Å². The maximum absolute atomic E-state index is 6.58. The number of allylic oxidation sites excluding steroid dienone is 2. The second-order valence-corrected chi connectivity index (χ2v) is 10.0. The summed E-state index contributed by atoms with van der Waals surface area (Å²) in [5.41, 5.74) is 22.8. The van der Waals surface area contributed by atoms with Crippen molar-refractivity contribution in [3.8, 4) is 0 Å². The molecule has 184 valence electrons. The molecule has 0 aromatic carbocycles. The summed E-state index contributed by atoms with van der Waals surface area (Å²) in [5.74, 6) is 8.22. The maximum Gasteiger partial charge on any atom is 0.130 e. The van der Waals surface area contributed by atoms with Crippen LogP contribution < -0.4 is 28.2 Å². The Bertz CT molecular complexity index is 858. The third-order valence-electron chi connectivity index (χ3n) is 7.23. The summed E-state index contributed by atoms with van der Waals surface area (Å²) in [7, 11) is 1.79. The Morgan fingerprint density at radius 2 is 1.88 bits per heavy atom. The molecule has 3 rings (SSSR count). The lowest BCUT2D eigenvalue weighted by Gasteiger charge is -2.26. The topological polar surface area (TPSA) is 110 Å². The lowest BCUT2D eigenvalue weighted by Crippen LogP contribution is -2.39. The monoisotopic (exact) mass is 475 g/mol. The van der Waals surface area contributed by atoms with Crippen LogP contribution >= 0.6 is 11.6 Å². The Hall–Kier alpha value is -2.09. The molecule has 0 atom stereocenters. The van der Waals surface area contributed by atoms with Crippen molar-refractivity contribution < 1.29 is 0 Å². The predicted octanol–water partition coefficient (Wildman–Crippen LogP) is 4.02. The molecular formula is C25H42ClN7. The molecule has 2 saturated carbocycles. The molecule has 1 aromatic heterocycles. The van der Waals surface area contributed by atoms with Gasteiger partial charge in [-0.15, -0.1) is 0 Å². The van der Waals surface area contributed by atoms with Crippen LogP contribution in [0.25, 0.3) is 5.82 Å². The van der Waals surface area contributed by atoms with Crippen LogP contribution in [0.3, 0.4) is 0 Å². The fourth-order valence-electron chi connectivity index (χ4n) is 4.91. The van der Waals surface area contributed by atoms with Crippen LogP contribution in [0.4, 0.5) is 0 Å². The van der Waals surface area contributed by atoms with E-state index >= 15 is 0 Å². The van der Waals surface area contributed by atoms with Crippen molar-refractivity contribution in [2.24, 2.45) is 29.1 Å². The Balaban J connectivity index is 1.67. The van der Waals surface area contributed by atoms with E-state index in [-0.39, 0.29) is 0 Å². The molecule has 0 saturated heterocycles. The average Bonchev–Trinajstić information content (AvgIpc) is 3.12. The van der Waals surface area contributed by atoms with E-state index in [0.29, 0.717) is 23.4 Å². The molecule has 8 heteroatoms. The largest absolute Gasteiger partial charge is 0.405 e. The van der Waals surface area contributed by atoms with Gasteiger partial charge in [-0.3, -0.25) is 0 Å². The van der Waals surface area contributed by atoms with Crippen LogP contribution in [0, 0.1) is 18.8 Å². The number of halogens is 1. The molecule has 7 nitrogen and oxygen atoms in total. The molecule has 0 aliphatic heterocycles. The highest BCUT2D eigenvalue weighted by atomic mass is 35.5. The highest BCUT2D eigenvalue weighted by Crippen LogP contribution is 2.33. The number of hydrogen-bond acceptors (Lipinski definition) is 6. The molecule has 0 spiro atoms. The minimum Gasteiger partial charge on any atom is -0.405 e. The first-order valence-corrected chi connectivity index (χ1v) is 12.7. The number of nitrogens with one attached hydrogen (secondary N) is 2. The van der Waals surface area contributed by atoms with Gasteiger partial charge >= 0.3 is 0 Å². The van der Waals surface area contributed by atoms with Gasteiger partial charge in [-0.1, -0.05) is 63.0 Å². The summed E-state index contributed by atoms with van der Waals surface area (Å²) in [6.45, 7) is 2.55. The number of hydrogen-bond donors (Lipinski definition) is 5. The molecule has 1 aromatic rings. The summed E-state index contributed by atoms with van der Waals surface area (Å²) >= 11 is 6.53. The average molecular weight is 476 g/mol. The van der Waals surface area contributed by atoms with Gasteiger partial charge in [0, 0.05) is 18.9 Å². The van der Waals surface area contributed by atoms with Crippen LogP contribution in [0.5, 0.6) is 0 Å². The van der Waals surface area contributed by atoms with Crippen molar-refractivity contribution in [1.29, 1.82) is 0 Å². The van der Waals surface area contributed by atoms with Crippen molar-refractivity contribution in [1.82, 2.24) is 20.4 Å². The van der Waals surface area contributed by atoms with Crippen molar-refractivity contribution in [2.75, 3.05) is 13.6 Å². The molecule has 33 heavy (non-hydrogen) atoms. The van der Waals surface area contributed by atoms with Gasteiger partial charge in [0.05, 0.1) is 12.2 Å². The normalized spacial score (nSPS) is 19.3. The van der Waals surface area contributed by atoms with Crippen LogP contribution in [0.2, 0.25) is 0 Å². The quantitative estimate of drug-likeness (QED) is 0.143. The second-order valence-electron chi connectivity index (χ2n) is 9.63. The fourth-order valence-corrected chi connectivity index (χ4v) is 5.11. The molecule has 2 aliphatic carbocycles. The molecule has 1 heterocycles. The van der Waals surface area contributed by atoms with Gasteiger partial charge in [-0.25, -0.2) is 11.3 Å². The minimum atomic E-state index is 0.410. The van der Waals surface area contributed by atoms with Gasteiger partial charge < -0.3 is 26.5 Å². The Labute approximate surface area is 204 Å². The van der Waals surface area contributed by atoms with Gasteiger partial charge in [0.25, 0.3) is 0 Å². The van der Waals surface area contributed by atoms with Gasteiger partial charge in [-0.05, 0) is 61.1 Å². The van der Waals surface area contributed by atoms with Crippen molar-refractivity contribution >= 4 is 17.4 Å². The number of hydrazine groups is 2. The third-order valence-corrected chi connectivity index (χ3v) is 7.57. The number of nitrogens with two attached hydrogens (primary N) is 3. The summed E-state index contributed by atoms with van der Waals surface area (Å²) in [4.78, 5) is 0. The van der Waals surface area contributed by atoms with Gasteiger partial charge in [0.2, 0.25) is 0 Å². The zero-order valence-electron chi connectivity index (χ0n) is 20.2. The third kappa shape index (κ3) is 6.95. The van der Waals surface area contributed by atoms with Crippen LogP contribution in [-0.4, -0.2) is 23.2 Å². The smallest absolute Gasteiger partial charge is 0.130 e. The summed E-state index contributed by atoms with van der Waals surface area (Å²) in [6, 6.07) is 2.20. The fraction of sp³-hybridized carbons (Fsp3) is 0.600. The minimum absolute atomic E-state index is 0.410. The second kappa shape index (κ2) is 12.4. The number of likely N-dealkylation sites (N-methyl/N-ethyl adjacent to an activating group) is 1. The zero-order valence-corrected chi connectivity index (χ0v) is 21.0. The molecule has 0 bridgehead atoms. The lowest BCUT2D eigenvalue weighted by atomic mass is 9.81. The molecular weight excluding hydrogens is 434 g/mol.